The summed E-state index contributed by atoms with van der Waals surface area (Å²) in [6.45, 7) is 0. The van der Waals surface area contributed by atoms with Gasteiger partial charge in [-0.25, -0.2) is 4.98 Å². The van der Waals surface area contributed by atoms with Crippen LogP contribution < -0.4 is 17.2 Å². The van der Waals surface area contributed by atoms with Crippen molar-refractivity contribution in [2.75, 3.05) is 17.2 Å². The van der Waals surface area contributed by atoms with Crippen LogP contribution in [-0.4, -0.2) is 9.97 Å². The van der Waals surface area contributed by atoms with Crippen LogP contribution in [0.5, 0.6) is 0 Å². The van der Waals surface area contributed by atoms with Crippen LogP contribution in [0.15, 0.2) is 79.0 Å². The molecule has 0 spiro atoms. The molecule has 0 radical (unpaired) electrons. The average molecular weight is 353 g/mol. The van der Waals surface area contributed by atoms with Crippen molar-refractivity contribution in [2.24, 2.45) is 0 Å². The number of nitrogens with zero attached hydrogens (tertiary/aromatic N) is 2. The SMILES string of the molecule is Nc1ccc(-c2cnc(-c3ccc(N)cc3)c(-c3ccc(N)cc3)n2)cc1. The Balaban J connectivity index is 1.89. The fourth-order valence-electron chi connectivity index (χ4n) is 2.88. The maximum Gasteiger partial charge on any atom is 0.0972 e. The third-order valence-electron chi connectivity index (χ3n) is 4.35. The topological polar surface area (TPSA) is 104 Å². The number of rotatable bonds is 3. The van der Waals surface area contributed by atoms with E-state index in [4.69, 9.17) is 27.2 Å². The Hall–Kier alpha value is -3.86. The first-order valence-electron chi connectivity index (χ1n) is 8.55. The molecule has 5 heteroatoms. The fraction of sp³-hybridized carbons (Fsp3) is 0. The molecule has 1 heterocycles. The summed E-state index contributed by atoms with van der Waals surface area (Å²) in [6.07, 6.45) is 1.78. The molecule has 0 aliphatic carbocycles. The maximum absolute atomic E-state index is 5.84. The number of benzene rings is 3. The van der Waals surface area contributed by atoms with Crippen molar-refractivity contribution >= 4 is 17.1 Å². The summed E-state index contributed by atoms with van der Waals surface area (Å²) in [5.74, 6) is 0. The quantitative estimate of drug-likeness (QED) is 0.478. The molecule has 0 saturated heterocycles. The van der Waals surface area contributed by atoms with Crippen molar-refractivity contribution in [3.8, 4) is 33.8 Å². The number of nitrogen functional groups attached to an aromatic ring is 3. The Morgan fingerprint density at radius 3 is 1.37 bits per heavy atom. The lowest BCUT2D eigenvalue weighted by Crippen LogP contribution is -1.97. The van der Waals surface area contributed by atoms with Crippen LogP contribution in [0, 0.1) is 0 Å². The van der Waals surface area contributed by atoms with Gasteiger partial charge in [0.25, 0.3) is 0 Å². The van der Waals surface area contributed by atoms with Crippen LogP contribution in [0.1, 0.15) is 0 Å². The van der Waals surface area contributed by atoms with E-state index in [1.807, 2.05) is 72.8 Å². The highest BCUT2D eigenvalue weighted by Crippen LogP contribution is 2.32. The van der Waals surface area contributed by atoms with Crippen LogP contribution in [0.2, 0.25) is 0 Å². The summed E-state index contributed by atoms with van der Waals surface area (Å²) in [5, 5.41) is 0. The van der Waals surface area contributed by atoms with E-state index >= 15 is 0 Å². The molecule has 132 valence electrons. The van der Waals surface area contributed by atoms with E-state index in [0.717, 1.165) is 33.8 Å². The lowest BCUT2D eigenvalue weighted by atomic mass is 10.0. The number of aromatic nitrogens is 2. The van der Waals surface area contributed by atoms with Gasteiger partial charge in [0.2, 0.25) is 0 Å². The maximum atomic E-state index is 5.84. The van der Waals surface area contributed by atoms with Gasteiger partial charge in [-0.15, -0.1) is 0 Å². The number of nitrogens with two attached hydrogens (primary N) is 3. The number of hydrogen-bond acceptors (Lipinski definition) is 5. The largest absolute Gasteiger partial charge is 0.399 e. The summed E-state index contributed by atoms with van der Waals surface area (Å²) in [5.41, 5.74) is 24.8. The van der Waals surface area contributed by atoms with Crippen molar-refractivity contribution in [3.63, 3.8) is 0 Å². The number of anilines is 3. The first-order chi connectivity index (χ1) is 13.1. The van der Waals surface area contributed by atoms with Gasteiger partial charge < -0.3 is 17.2 Å². The normalized spacial score (nSPS) is 10.7. The molecule has 0 bridgehead atoms. The monoisotopic (exact) mass is 353 g/mol. The van der Waals surface area contributed by atoms with Gasteiger partial charge in [-0.3, -0.25) is 4.98 Å². The third kappa shape index (κ3) is 3.43. The summed E-state index contributed by atoms with van der Waals surface area (Å²) >= 11 is 0. The fourth-order valence-corrected chi connectivity index (χ4v) is 2.88. The Kier molecular flexibility index (Phi) is 4.18. The molecule has 0 amide bonds. The van der Waals surface area contributed by atoms with Crippen molar-refractivity contribution in [3.05, 3.63) is 79.0 Å². The Labute approximate surface area is 157 Å². The second-order valence-electron chi connectivity index (χ2n) is 6.32. The Morgan fingerprint density at radius 2 is 0.889 bits per heavy atom. The predicted molar refractivity (Wildman–Crippen MR) is 112 cm³/mol. The van der Waals surface area contributed by atoms with Crippen molar-refractivity contribution in [1.82, 2.24) is 9.97 Å². The molecule has 6 N–H and O–H groups in total. The third-order valence-corrected chi connectivity index (χ3v) is 4.35. The van der Waals surface area contributed by atoms with E-state index in [2.05, 4.69) is 0 Å². The van der Waals surface area contributed by atoms with Gasteiger partial charge in [-0.1, -0.05) is 36.4 Å². The van der Waals surface area contributed by atoms with Crippen LogP contribution in [0.4, 0.5) is 17.1 Å². The molecule has 0 atom stereocenters. The first kappa shape index (κ1) is 16.6. The lowest BCUT2D eigenvalue weighted by molar-refractivity contribution is 1.21. The molecular formula is C22H19N5. The van der Waals surface area contributed by atoms with Crippen molar-refractivity contribution < 1.29 is 0 Å². The smallest absolute Gasteiger partial charge is 0.0972 e. The molecule has 0 aliphatic heterocycles. The first-order valence-corrected chi connectivity index (χ1v) is 8.55. The van der Waals surface area contributed by atoms with Gasteiger partial charge in [0.15, 0.2) is 0 Å². The van der Waals surface area contributed by atoms with E-state index in [-0.39, 0.29) is 0 Å². The zero-order valence-corrected chi connectivity index (χ0v) is 14.6. The van der Waals surface area contributed by atoms with Crippen LogP contribution in [0.3, 0.4) is 0 Å². The number of hydrogen-bond donors (Lipinski definition) is 3. The molecule has 5 nitrogen and oxygen atoms in total. The van der Waals surface area contributed by atoms with Crippen molar-refractivity contribution in [1.29, 1.82) is 0 Å². The van der Waals surface area contributed by atoms with Gasteiger partial charge in [-0.2, -0.15) is 0 Å². The van der Waals surface area contributed by atoms with Crippen LogP contribution in [-0.2, 0) is 0 Å². The molecule has 0 unspecified atom stereocenters. The summed E-state index contributed by atoms with van der Waals surface area (Å²) < 4.78 is 0. The molecule has 0 fully saturated rings. The minimum atomic E-state index is 0.704. The molecule has 4 rings (SSSR count). The van der Waals surface area contributed by atoms with E-state index in [1.54, 1.807) is 6.20 Å². The second kappa shape index (κ2) is 6.80. The van der Waals surface area contributed by atoms with Gasteiger partial charge in [0, 0.05) is 33.8 Å². The van der Waals surface area contributed by atoms with Crippen LogP contribution >= 0.6 is 0 Å². The summed E-state index contributed by atoms with van der Waals surface area (Å²) in [6, 6.07) is 22.8. The molecule has 4 aromatic rings. The minimum Gasteiger partial charge on any atom is -0.399 e. The van der Waals surface area contributed by atoms with E-state index in [1.165, 1.54) is 0 Å². The molecule has 0 saturated carbocycles. The highest BCUT2D eigenvalue weighted by Gasteiger charge is 2.13. The molecular weight excluding hydrogens is 334 g/mol. The average Bonchev–Trinajstić information content (AvgIpc) is 2.69. The summed E-state index contributed by atoms with van der Waals surface area (Å²) in [4.78, 5) is 9.61. The second-order valence-corrected chi connectivity index (χ2v) is 6.32. The lowest BCUT2D eigenvalue weighted by Gasteiger charge is -2.11. The standard InChI is InChI=1S/C22H19N5/c23-17-7-1-14(2-8-17)20-13-26-21(15-3-9-18(24)10-4-15)22(27-20)16-5-11-19(25)12-6-16/h1-13H,23-25H2. The highest BCUT2D eigenvalue weighted by molar-refractivity contribution is 5.80. The Morgan fingerprint density at radius 1 is 0.481 bits per heavy atom. The minimum absolute atomic E-state index is 0.704. The molecule has 1 aromatic heterocycles. The molecule has 3 aromatic carbocycles. The van der Waals surface area contributed by atoms with Gasteiger partial charge in [0.1, 0.15) is 0 Å². The highest BCUT2D eigenvalue weighted by atomic mass is 14.8. The predicted octanol–water partition coefficient (Wildman–Crippen LogP) is 4.22. The zero-order valence-electron chi connectivity index (χ0n) is 14.6. The van der Waals surface area contributed by atoms with E-state index in [9.17, 15) is 0 Å². The van der Waals surface area contributed by atoms with Crippen molar-refractivity contribution in [2.45, 2.75) is 0 Å². The van der Waals surface area contributed by atoms with Gasteiger partial charge in [0.05, 0.1) is 23.3 Å². The van der Waals surface area contributed by atoms with Gasteiger partial charge >= 0.3 is 0 Å². The summed E-state index contributed by atoms with van der Waals surface area (Å²) in [7, 11) is 0. The van der Waals surface area contributed by atoms with E-state index in [0.29, 0.717) is 17.1 Å². The zero-order chi connectivity index (χ0) is 18.8. The van der Waals surface area contributed by atoms with Gasteiger partial charge in [-0.05, 0) is 36.4 Å². The molecule has 0 aliphatic rings. The van der Waals surface area contributed by atoms with E-state index < -0.39 is 0 Å². The van der Waals surface area contributed by atoms with Crippen LogP contribution in [0.25, 0.3) is 33.8 Å². The molecule has 27 heavy (non-hydrogen) atoms. The Bertz CT molecular complexity index is 1070.